The molecule has 2 rings (SSSR count). The number of rotatable bonds is 5. The third-order valence-corrected chi connectivity index (χ3v) is 3.69. The van der Waals surface area contributed by atoms with Gasteiger partial charge in [-0.25, -0.2) is 0 Å². The lowest BCUT2D eigenvalue weighted by Crippen LogP contribution is -2.49. The molecule has 21 heavy (non-hydrogen) atoms. The van der Waals surface area contributed by atoms with Crippen molar-refractivity contribution in [3.8, 4) is 0 Å². The Bertz CT molecular complexity index is 467. The average molecular weight is 290 g/mol. The fourth-order valence-corrected chi connectivity index (χ4v) is 2.65. The predicted octanol–water partition coefficient (Wildman–Crippen LogP) is 1.48. The predicted molar refractivity (Wildman–Crippen MR) is 87.2 cm³/mol. The van der Waals surface area contributed by atoms with Crippen molar-refractivity contribution in [3.05, 3.63) is 24.3 Å². The molecule has 1 aliphatic rings. The Balaban J connectivity index is 1.76. The fourth-order valence-electron chi connectivity index (χ4n) is 2.65. The van der Waals surface area contributed by atoms with E-state index in [2.05, 4.69) is 29.0 Å². The van der Waals surface area contributed by atoms with E-state index in [1.54, 1.807) is 6.07 Å². The van der Waals surface area contributed by atoms with Crippen LogP contribution in [0.25, 0.3) is 0 Å². The van der Waals surface area contributed by atoms with Crippen molar-refractivity contribution < 1.29 is 4.79 Å². The maximum absolute atomic E-state index is 12.1. The topological polar surface area (TPSA) is 61.6 Å². The van der Waals surface area contributed by atoms with Crippen LogP contribution in [-0.2, 0) is 4.79 Å². The van der Waals surface area contributed by atoms with Crippen molar-refractivity contribution >= 4 is 17.3 Å². The van der Waals surface area contributed by atoms with E-state index in [1.165, 1.54) is 0 Å². The van der Waals surface area contributed by atoms with Crippen molar-refractivity contribution in [2.75, 3.05) is 50.3 Å². The Morgan fingerprint density at radius 1 is 1.19 bits per heavy atom. The van der Waals surface area contributed by atoms with Gasteiger partial charge in [-0.05, 0) is 18.1 Å². The maximum Gasteiger partial charge on any atom is 0.238 e. The van der Waals surface area contributed by atoms with Crippen LogP contribution in [0.5, 0.6) is 0 Å². The minimum absolute atomic E-state index is 0.00482. The van der Waals surface area contributed by atoms with Crippen molar-refractivity contribution in [3.63, 3.8) is 0 Å². The minimum atomic E-state index is 0.00482. The molecule has 5 nitrogen and oxygen atoms in total. The summed E-state index contributed by atoms with van der Waals surface area (Å²) in [5.74, 6) is 0.700. The van der Waals surface area contributed by atoms with Gasteiger partial charge in [0.2, 0.25) is 5.91 Å². The third-order valence-electron chi connectivity index (χ3n) is 3.69. The van der Waals surface area contributed by atoms with E-state index in [4.69, 9.17) is 5.73 Å². The molecule has 1 heterocycles. The summed E-state index contributed by atoms with van der Waals surface area (Å²) in [7, 11) is 0. The number of anilines is 2. The number of piperazine rings is 1. The first-order chi connectivity index (χ1) is 10.0. The van der Waals surface area contributed by atoms with Crippen molar-refractivity contribution in [1.29, 1.82) is 0 Å². The molecule has 0 bridgehead atoms. The minimum Gasteiger partial charge on any atom is -0.397 e. The van der Waals surface area contributed by atoms with Crippen LogP contribution in [0, 0.1) is 5.92 Å². The highest BCUT2D eigenvalue weighted by Gasteiger charge is 2.19. The molecule has 1 aromatic rings. The number of nitrogens with one attached hydrogen (secondary N) is 1. The van der Waals surface area contributed by atoms with Gasteiger partial charge in [-0.15, -0.1) is 0 Å². The quantitative estimate of drug-likeness (QED) is 0.806. The van der Waals surface area contributed by atoms with Crippen LogP contribution in [0.2, 0.25) is 0 Å². The van der Waals surface area contributed by atoms with Gasteiger partial charge < -0.3 is 16.0 Å². The zero-order valence-electron chi connectivity index (χ0n) is 13.0. The molecule has 0 atom stereocenters. The Kier molecular flexibility index (Phi) is 5.59. The van der Waals surface area contributed by atoms with Crippen molar-refractivity contribution in [2.24, 2.45) is 5.92 Å². The molecule has 0 unspecified atom stereocenters. The summed E-state index contributed by atoms with van der Waals surface area (Å²) in [5, 5.41) is 2.88. The Morgan fingerprint density at radius 2 is 1.81 bits per heavy atom. The molecule has 1 saturated heterocycles. The number of benzene rings is 1. The van der Waals surface area contributed by atoms with Crippen LogP contribution in [0.3, 0.4) is 0 Å². The zero-order valence-corrected chi connectivity index (χ0v) is 13.0. The first kappa shape index (κ1) is 15.8. The van der Waals surface area contributed by atoms with Crippen LogP contribution < -0.4 is 11.1 Å². The Hall–Kier alpha value is -1.59. The second-order valence-electron chi connectivity index (χ2n) is 6.11. The monoisotopic (exact) mass is 290 g/mol. The van der Waals surface area contributed by atoms with Gasteiger partial charge in [0.1, 0.15) is 0 Å². The molecular formula is C16H26N4O. The zero-order chi connectivity index (χ0) is 15.2. The number of carbonyl (C=O) groups excluding carboxylic acids is 1. The number of amides is 1. The average Bonchev–Trinajstić information content (AvgIpc) is 2.43. The number of hydrogen-bond donors (Lipinski definition) is 2. The summed E-state index contributed by atoms with van der Waals surface area (Å²) < 4.78 is 0. The van der Waals surface area contributed by atoms with E-state index in [0.29, 0.717) is 23.8 Å². The van der Waals surface area contributed by atoms with Gasteiger partial charge in [-0.1, -0.05) is 26.0 Å². The molecule has 1 amide bonds. The molecule has 5 heteroatoms. The molecule has 1 fully saturated rings. The highest BCUT2D eigenvalue weighted by atomic mass is 16.2. The van der Waals surface area contributed by atoms with Gasteiger partial charge in [-0.3, -0.25) is 9.69 Å². The lowest BCUT2D eigenvalue weighted by molar-refractivity contribution is -0.117. The SMILES string of the molecule is CC(C)CN1CCN(CC(=O)Nc2ccccc2N)CC1. The van der Waals surface area contributed by atoms with E-state index in [1.807, 2.05) is 18.2 Å². The molecule has 0 aromatic heterocycles. The first-order valence-corrected chi connectivity index (χ1v) is 7.63. The lowest BCUT2D eigenvalue weighted by atomic mass is 10.2. The molecular weight excluding hydrogens is 264 g/mol. The molecule has 1 aromatic carbocycles. The molecule has 0 spiro atoms. The molecule has 0 saturated carbocycles. The van der Waals surface area contributed by atoms with Crippen LogP contribution in [0.15, 0.2) is 24.3 Å². The normalized spacial score (nSPS) is 17.1. The second-order valence-corrected chi connectivity index (χ2v) is 6.11. The first-order valence-electron chi connectivity index (χ1n) is 7.63. The number of nitrogen functional groups attached to an aromatic ring is 1. The summed E-state index contributed by atoms with van der Waals surface area (Å²) in [6, 6.07) is 7.35. The number of hydrogen-bond acceptors (Lipinski definition) is 4. The smallest absolute Gasteiger partial charge is 0.238 e. The van der Waals surface area contributed by atoms with Gasteiger partial charge in [0, 0.05) is 32.7 Å². The number of para-hydroxylation sites is 2. The molecule has 0 radical (unpaired) electrons. The molecule has 0 aliphatic carbocycles. The van der Waals surface area contributed by atoms with E-state index in [0.717, 1.165) is 32.7 Å². The van der Waals surface area contributed by atoms with Crippen LogP contribution in [0.4, 0.5) is 11.4 Å². The van der Waals surface area contributed by atoms with Gasteiger partial charge in [0.15, 0.2) is 0 Å². The van der Waals surface area contributed by atoms with Gasteiger partial charge in [0.05, 0.1) is 17.9 Å². The Morgan fingerprint density at radius 3 is 2.43 bits per heavy atom. The highest BCUT2D eigenvalue weighted by molar-refractivity contribution is 5.95. The van der Waals surface area contributed by atoms with Crippen LogP contribution >= 0.6 is 0 Å². The van der Waals surface area contributed by atoms with Crippen LogP contribution in [-0.4, -0.2) is 55.0 Å². The third kappa shape index (κ3) is 5.02. The summed E-state index contributed by atoms with van der Waals surface area (Å²) in [6.45, 7) is 10.0. The number of nitrogens with zero attached hydrogens (tertiary/aromatic N) is 2. The summed E-state index contributed by atoms with van der Waals surface area (Å²) >= 11 is 0. The van der Waals surface area contributed by atoms with Crippen LogP contribution in [0.1, 0.15) is 13.8 Å². The van der Waals surface area contributed by atoms with Gasteiger partial charge in [-0.2, -0.15) is 0 Å². The molecule has 1 aliphatic heterocycles. The van der Waals surface area contributed by atoms with Gasteiger partial charge in [0.25, 0.3) is 0 Å². The summed E-state index contributed by atoms with van der Waals surface area (Å²) in [4.78, 5) is 16.7. The second kappa shape index (κ2) is 7.43. The lowest BCUT2D eigenvalue weighted by Gasteiger charge is -2.35. The maximum atomic E-state index is 12.1. The van der Waals surface area contributed by atoms with E-state index < -0.39 is 0 Å². The van der Waals surface area contributed by atoms with E-state index in [9.17, 15) is 4.79 Å². The standard InChI is InChI=1S/C16H26N4O/c1-13(2)11-19-7-9-20(10-8-19)12-16(21)18-15-6-4-3-5-14(15)17/h3-6,13H,7-12,17H2,1-2H3,(H,18,21). The molecule has 3 N–H and O–H groups in total. The summed E-state index contributed by atoms with van der Waals surface area (Å²) in [5.41, 5.74) is 7.13. The number of nitrogens with two attached hydrogens (primary N) is 1. The Labute approximate surface area is 127 Å². The van der Waals surface area contributed by atoms with E-state index in [-0.39, 0.29) is 5.91 Å². The largest absolute Gasteiger partial charge is 0.397 e. The summed E-state index contributed by atoms with van der Waals surface area (Å²) in [6.07, 6.45) is 0. The molecule has 116 valence electrons. The van der Waals surface area contributed by atoms with Crippen molar-refractivity contribution in [2.45, 2.75) is 13.8 Å². The van der Waals surface area contributed by atoms with E-state index >= 15 is 0 Å². The van der Waals surface area contributed by atoms with Crippen molar-refractivity contribution in [1.82, 2.24) is 9.80 Å². The highest BCUT2D eigenvalue weighted by Crippen LogP contribution is 2.16. The number of carbonyl (C=O) groups is 1. The fraction of sp³-hybridized carbons (Fsp3) is 0.562. The van der Waals surface area contributed by atoms with Gasteiger partial charge >= 0.3 is 0 Å².